The Hall–Kier alpha value is -3.22. The summed E-state index contributed by atoms with van der Waals surface area (Å²) in [5.74, 6) is -2.65. The van der Waals surface area contributed by atoms with Crippen LogP contribution in [-0.4, -0.2) is 84.8 Å². The monoisotopic (exact) mass is 564 g/mol. The first-order chi connectivity index (χ1) is 17.9. The van der Waals surface area contributed by atoms with Crippen molar-refractivity contribution < 1.29 is 32.7 Å². The summed E-state index contributed by atoms with van der Waals surface area (Å²) in [4.78, 5) is 51.8. The number of amides is 3. The number of fused-ring (bicyclic) bond motifs is 1. The zero-order chi connectivity index (χ0) is 27.6. The van der Waals surface area contributed by atoms with Crippen LogP contribution in [0.25, 0.3) is 10.8 Å². The Bertz CT molecular complexity index is 1380. The molecule has 2 heterocycles. The molecule has 0 radical (unpaired) electrons. The number of carboxylic acids is 1. The number of nitrogens with one attached hydrogen (secondary N) is 2. The van der Waals surface area contributed by atoms with Crippen LogP contribution in [0, 0.1) is 0 Å². The van der Waals surface area contributed by atoms with Crippen LogP contribution < -0.4 is 10.0 Å². The summed E-state index contributed by atoms with van der Waals surface area (Å²) in [6, 6.07) is 7.52. The summed E-state index contributed by atoms with van der Waals surface area (Å²) in [5.41, 5.74) is 0. The number of rotatable bonds is 8. The van der Waals surface area contributed by atoms with Gasteiger partial charge in [0.1, 0.15) is 18.5 Å². The van der Waals surface area contributed by atoms with Gasteiger partial charge in [0, 0.05) is 30.7 Å². The number of hydrogen-bond donors (Lipinski definition) is 3. The number of halogens is 1. The molecule has 2 aliphatic rings. The lowest BCUT2D eigenvalue weighted by Crippen LogP contribution is -2.55. The summed E-state index contributed by atoms with van der Waals surface area (Å²) < 4.78 is 28.6. The number of carbonyl (C=O) groups is 4. The van der Waals surface area contributed by atoms with Crippen molar-refractivity contribution in [3.05, 3.63) is 41.4 Å². The standard InChI is InChI=1S/C25H29ClN4O7S/c1-15(24(34)29-9-2-3-19(14-29)27-22(31)13-23(32)33)30-10-8-21(25(30)35)28-38(36,37)20-7-5-16-11-18(26)6-4-17(16)12-20/h4-7,11-12,15,19,21,28H,2-3,8-10,13-14H2,1H3,(H,27,31)(H,32,33)/t15-,19?,21-/m0/s1. The van der Waals surface area contributed by atoms with E-state index in [0.717, 1.165) is 5.39 Å². The highest BCUT2D eigenvalue weighted by molar-refractivity contribution is 7.89. The van der Waals surface area contributed by atoms with E-state index < -0.39 is 46.3 Å². The van der Waals surface area contributed by atoms with Gasteiger partial charge in [-0.25, -0.2) is 8.42 Å². The Morgan fingerprint density at radius 2 is 1.82 bits per heavy atom. The Morgan fingerprint density at radius 1 is 1.11 bits per heavy atom. The molecule has 204 valence electrons. The summed E-state index contributed by atoms with van der Waals surface area (Å²) in [7, 11) is -4.00. The van der Waals surface area contributed by atoms with Crippen LogP contribution in [0.3, 0.4) is 0 Å². The van der Waals surface area contributed by atoms with E-state index in [0.29, 0.717) is 29.8 Å². The molecule has 13 heteroatoms. The number of aliphatic carboxylic acids is 1. The van der Waals surface area contributed by atoms with E-state index in [4.69, 9.17) is 16.7 Å². The van der Waals surface area contributed by atoms with E-state index in [-0.39, 0.29) is 36.4 Å². The second-order valence-corrected chi connectivity index (χ2v) is 11.7. The number of likely N-dealkylation sites (tertiary alicyclic amines) is 2. The largest absolute Gasteiger partial charge is 0.481 e. The number of hydrogen-bond acceptors (Lipinski definition) is 6. The van der Waals surface area contributed by atoms with Crippen LogP contribution in [-0.2, 0) is 29.2 Å². The predicted octanol–water partition coefficient (Wildman–Crippen LogP) is 1.34. The van der Waals surface area contributed by atoms with Crippen LogP contribution in [0.5, 0.6) is 0 Å². The molecule has 2 saturated heterocycles. The highest BCUT2D eigenvalue weighted by atomic mass is 35.5. The van der Waals surface area contributed by atoms with Gasteiger partial charge in [0.15, 0.2) is 0 Å². The minimum Gasteiger partial charge on any atom is -0.481 e. The molecule has 2 aromatic rings. The Balaban J connectivity index is 1.38. The Morgan fingerprint density at radius 3 is 2.55 bits per heavy atom. The third-order valence-electron chi connectivity index (χ3n) is 6.86. The molecule has 3 N–H and O–H groups in total. The zero-order valence-electron chi connectivity index (χ0n) is 20.7. The average Bonchev–Trinajstić information content (AvgIpc) is 3.21. The van der Waals surface area contributed by atoms with E-state index >= 15 is 0 Å². The van der Waals surface area contributed by atoms with E-state index in [1.165, 1.54) is 17.0 Å². The van der Waals surface area contributed by atoms with Gasteiger partial charge in [-0.2, -0.15) is 4.72 Å². The van der Waals surface area contributed by atoms with Crippen molar-refractivity contribution in [2.75, 3.05) is 19.6 Å². The van der Waals surface area contributed by atoms with Crippen molar-refractivity contribution in [3.63, 3.8) is 0 Å². The van der Waals surface area contributed by atoms with Crippen molar-refractivity contribution >= 4 is 56.1 Å². The molecule has 2 aliphatic heterocycles. The molecule has 0 spiro atoms. The number of carbonyl (C=O) groups excluding carboxylic acids is 3. The lowest BCUT2D eigenvalue weighted by molar-refractivity contribution is -0.144. The van der Waals surface area contributed by atoms with Crippen LogP contribution in [0.4, 0.5) is 0 Å². The maximum Gasteiger partial charge on any atom is 0.312 e. The molecule has 0 aliphatic carbocycles. The molecule has 0 saturated carbocycles. The second-order valence-electron chi connectivity index (χ2n) is 9.58. The lowest BCUT2D eigenvalue weighted by Gasteiger charge is -2.36. The lowest BCUT2D eigenvalue weighted by atomic mass is 10.0. The van der Waals surface area contributed by atoms with E-state index in [1.54, 1.807) is 36.1 Å². The molecule has 1 unspecified atom stereocenters. The third-order valence-corrected chi connectivity index (χ3v) is 8.56. The van der Waals surface area contributed by atoms with E-state index in [1.807, 2.05) is 0 Å². The number of carboxylic acid groups (broad SMARTS) is 1. The van der Waals surface area contributed by atoms with Gasteiger partial charge < -0.3 is 20.2 Å². The van der Waals surface area contributed by atoms with Crippen molar-refractivity contribution in [1.29, 1.82) is 0 Å². The molecule has 2 aromatic carbocycles. The normalized spacial score (nSPS) is 20.9. The smallest absolute Gasteiger partial charge is 0.312 e. The molecule has 3 atom stereocenters. The maximum absolute atomic E-state index is 13.2. The van der Waals surface area contributed by atoms with Gasteiger partial charge in [0.25, 0.3) is 0 Å². The van der Waals surface area contributed by atoms with Crippen molar-refractivity contribution in [3.8, 4) is 0 Å². The molecule has 4 rings (SSSR count). The average molecular weight is 565 g/mol. The molecule has 0 bridgehead atoms. The SMILES string of the molecule is C[C@@H](C(=O)N1CCCC(NC(=O)CC(=O)O)C1)N1CC[C@H](NS(=O)(=O)c2ccc3cc(Cl)ccc3c2)C1=O. The van der Waals surface area contributed by atoms with Gasteiger partial charge in [-0.1, -0.05) is 23.7 Å². The molecule has 3 amide bonds. The molecule has 0 aromatic heterocycles. The highest BCUT2D eigenvalue weighted by Gasteiger charge is 2.40. The minimum absolute atomic E-state index is 0.0204. The van der Waals surface area contributed by atoms with Gasteiger partial charge >= 0.3 is 5.97 Å². The van der Waals surface area contributed by atoms with Crippen LogP contribution in [0.2, 0.25) is 5.02 Å². The summed E-state index contributed by atoms with van der Waals surface area (Å²) in [5, 5.41) is 13.4. The summed E-state index contributed by atoms with van der Waals surface area (Å²) in [6.07, 6.45) is 0.795. The number of sulfonamides is 1. The third kappa shape index (κ3) is 6.25. The molecular formula is C25H29ClN4O7S. The van der Waals surface area contributed by atoms with Crippen LogP contribution in [0.1, 0.15) is 32.6 Å². The zero-order valence-corrected chi connectivity index (χ0v) is 22.3. The van der Waals surface area contributed by atoms with Gasteiger partial charge in [-0.3, -0.25) is 19.2 Å². The Labute approximate surface area is 225 Å². The topological polar surface area (TPSA) is 153 Å². The maximum atomic E-state index is 13.2. The van der Waals surface area contributed by atoms with E-state index in [2.05, 4.69) is 10.0 Å². The first-order valence-corrected chi connectivity index (χ1v) is 14.1. The molecule has 38 heavy (non-hydrogen) atoms. The fourth-order valence-corrected chi connectivity index (χ4v) is 6.36. The van der Waals surface area contributed by atoms with Crippen molar-refractivity contribution in [1.82, 2.24) is 19.8 Å². The highest BCUT2D eigenvalue weighted by Crippen LogP contribution is 2.24. The van der Waals surface area contributed by atoms with E-state index in [9.17, 15) is 27.6 Å². The number of piperidine rings is 1. The van der Waals surface area contributed by atoms with Gasteiger partial charge in [0.05, 0.1) is 4.90 Å². The number of benzene rings is 2. The van der Waals surface area contributed by atoms with Gasteiger partial charge in [-0.15, -0.1) is 0 Å². The van der Waals surface area contributed by atoms with Gasteiger partial charge in [0.2, 0.25) is 27.7 Å². The Kier molecular flexibility index (Phi) is 8.24. The molecular weight excluding hydrogens is 536 g/mol. The molecule has 11 nitrogen and oxygen atoms in total. The molecule has 2 fully saturated rings. The summed E-state index contributed by atoms with van der Waals surface area (Å²) in [6.45, 7) is 2.46. The first-order valence-electron chi connectivity index (χ1n) is 12.3. The first kappa shape index (κ1) is 27.8. The van der Waals surface area contributed by atoms with Crippen LogP contribution in [0.15, 0.2) is 41.3 Å². The fraction of sp³-hybridized carbons (Fsp3) is 0.440. The second kappa shape index (κ2) is 11.3. The van der Waals surface area contributed by atoms with Crippen LogP contribution >= 0.6 is 11.6 Å². The van der Waals surface area contributed by atoms with Crippen molar-refractivity contribution in [2.24, 2.45) is 0 Å². The van der Waals surface area contributed by atoms with Crippen molar-refractivity contribution in [2.45, 2.75) is 55.6 Å². The quantitative estimate of drug-likeness (QED) is 0.409. The summed E-state index contributed by atoms with van der Waals surface area (Å²) >= 11 is 6.00. The fourth-order valence-electron chi connectivity index (χ4n) is 4.92. The number of nitrogens with zero attached hydrogens (tertiary/aromatic N) is 2. The predicted molar refractivity (Wildman–Crippen MR) is 139 cm³/mol. The van der Waals surface area contributed by atoms with Gasteiger partial charge in [-0.05, 0) is 61.2 Å². The minimum atomic E-state index is -4.00.